The van der Waals surface area contributed by atoms with E-state index in [1.54, 1.807) is 22.2 Å². The highest BCUT2D eigenvalue weighted by molar-refractivity contribution is 9.10. The lowest BCUT2D eigenvalue weighted by Crippen LogP contribution is -2.28. The molecule has 0 saturated heterocycles. The summed E-state index contributed by atoms with van der Waals surface area (Å²) in [4.78, 5) is 18.4. The van der Waals surface area contributed by atoms with E-state index >= 15 is 0 Å². The van der Waals surface area contributed by atoms with Crippen LogP contribution in [0.1, 0.15) is 11.4 Å². The van der Waals surface area contributed by atoms with E-state index in [0.29, 0.717) is 13.0 Å². The maximum Gasteiger partial charge on any atom is 0.226 e. The first kappa shape index (κ1) is 16.0. The summed E-state index contributed by atoms with van der Waals surface area (Å²) in [6, 6.07) is 0. The first-order valence-electron chi connectivity index (χ1n) is 6.52. The maximum absolute atomic E-state index is 11.9. The molecule has 0 radical (unpaired) electrons. The van der Waals surface area contributed by atoms with Gasteiger partial charge in [-0.25, -0.2) is 4.98 Å². The molecule has 1 N–H and O–H groups in total. The average molecular weight is 372 g/mol. The normalized spacial score (nSPS) is 10.7. The number of thiazole rings is 1. The van der Waals surface area contributed by atoms with Gasteiger partial charge in [-0.2, -0.15) is 5.10 Å². The van der Waals surface area contributed by atoms with Gasteiger partial charge in [-0.1, -0.05) is 0 Å². The van der Waals surface area contributed by atoms with Crippen LogP contribution in [0.4, 0.5) is 5.13 Å². The molecule has 2 aromatic rings. The van der Waals surface area contributed by atoms with Crippen molar-refractivity contribution >= 4 is 38.3 Å². The number of hydrogen-bond donors (Lipinski definition) is 1. The van der Waals surface area contributed by atoms with Crippen LogP contribution in [0.2, 0.25) is 0 Å². The van der Waals surface area contributed by atoms with Crippen LogP contribution in [-0.2, 0) is 24.7 Å². The van der Waals surface area contributed by atoms with Gasteiger partial charge in [-0.05, 0) is 15.9 Å². The SMILES string of the molecule is CN(C)c1nc(CCNC(=O)Cc2c(Br)cnn2C)cs1. The molecule has 0 spiro atoms. The number of rotatable bonds is 6. The first-order chi connectivity index (χ1) is 9.97. The van der Waals surface area contributed by atoms with Crippen molar-refractivity contribution < 1.29 is 4.79 Å². The first-order valence-corrected chi connectivity index (χ1v) is 8.19. The summed E-state index contributed by atoms with van der Waals surface area (Å²) in [5.41, 5.74) is 1.88. The van der Waals surface area contributed by atoms with E-state index in [-0.39, 0.29) is 5.91 Å². The Labute approximate surface area is 136 Å². The standard InChI is InChI=1S/C13H18BrN5OS/c1-18(2)13-17-9(8-21-13)4-5-15-12(20)6-11-10(14)7-16-19(11)3/h7-8H,4-6H2,1-3H3,(H,15,20). The maximum atomic E-state index is 11.9. The molecule has 0 bridgehead atoms. The molecule has 114 valence electrons. The number of amides is 1. The number of anilines is 1. The molecule has 2 rings (SSSR count). The third-order valence-electron chi connectivity index (χ3n) is 2.96. The number of carbonyl (C=O) groups excluding carboxylic acids is 1. The molecule has 8 heteroatoms. The zero-order valence-electron chi connectivity index (χ0n) is 12.3. The van der Waals surface area contributed by atoms with Crippen LogP contribution in [0, 0.1) is 0 Å². The van der Waals surface area contributed by atoms with Gasteiger partial charge >= 0.3 is 0 Å². The molecule has 1 amide bonds. The Kier molecular flexibility index (Phi) is 5.35. The Morgan fingerprint density at radius 1 is 1.52 bits per heavy atom. The molecule has 0 atom stereocenters. The van der Waals surface area contributed by atoms with Crippen LogP contribution in [-0.4, -0.2) is 41.3 Å². The highest BCUT2D eigenvalue weighted by Gasteiger charge is 2.11. The molecule has 0 aliphatic carbocycles. The molecule has 2 aromatic heterocycles. The lowest BCUT2D eigenvalue weighted by atomic mass is 10.3. The minimum absolute atomic E-state index is 0.0117. The number of nitrogens with zero attached hydrogens (tertiary/aromatic N) is 4. The Balaban J connectivity index is 1.79. The molecule has 0 fully saturated rings. The van der Waals surface area contributed by atoms with Crippen molar-refractivity contribution in [1.82, 2.24) is 20.1 Å². The fourth-order valence-corrected chi connectivity index (χ4v) is 3.08. The Bertz CT molecular complexity index is 602. The second-order valence-corrected chi connectivity index (χ2v) is 6.55. The summed E-state index contributed by atoms with van der Waals surface area (Å²) >= 11 is 5.00. The third-order valence-corrected chi connectivity index (χ3v) is 4.68. The van der Waals surface area contributed by atoms with Crippen LogP contribution >= 0.6 is 27.3 Å². The van der Waals surface area contributed by atoms with Crippen molar-refractivity contribution in [3.63, 3.8) is 0 Å². The fraction of sp³-hybridized carbons (Fsp3) is 0.462. The zero-order chi connectivity index (χ0) is 15.4. The second-order valence-electron chi connectivity index (χ2n) is 4.86. The summed E-state index contributed by atoms with van der Waals surface area (Å²) in [5.74, 6) is -0.0117. The van der Waals surface area contributed by atoms with Crippen molar-refractivity contribution in [2.45, 2.75) is 12.8 Å². The third kappa shape index (κ3) is 4.28. The number of aryl methyl sites for hydroxylation is 1. The topological polar surface area (TPSA) is 63.1 Å². The molecule has 0 saturated carbocycles. The van der Waals surface area contributed by atoms with Gasteiger partial charge in [0.2, 0.25) is 5.91 Å². The molecule has 0 aliphatic heterocycles. The van der Waals surface area contributed by atoms with E-state index in [9.17, 15) is 4.79 Å². The van der Waals surface area contributed by atoms with Crippen LogP contribution in [0.15, 0.2) is 16.0 Å². The zero-order valence-corrected chi connectivity index (χ0v) is 14.7. The van der Waals surface area contributed by atoms with Gasteiger partial charge in [-0.15, -0.1) is 11.3 Å². The van der Waals surface area contributed by atoms with Gasteiger partial charge in [0.15, 0.2) is 5.13 Å². The lowest BCUT2D eigenvalue weighted by Gasteiger charge is -2.06. The van der Waals surface area contributed by atoms with Crippen LogP contribution < -0.4 is 10.2 Å². The quantitative estimate of drug-likeness (QED) is 0.837. The number of aromatic nitrogens is 3. The molecule has 0 aliphatic rings. The lowest BCUT2D eigenvalue weighted by molar-refractivity contribution is -0.120. The van der Waals surface area contributed by atoms with E-state index in [4.69, 9.17) is 0 Å². The Morgan fingerprint density at radius 2 is 2.29 bits per heavy atom. The monoisotopic (exact) mass is 371 g/mol. The Hall–Kier alpha value is -1.41. The predicted molar refractivity (Wildman–Crippen MR) is 87.8 cm³/mol. The highest BCUT2D eigenvalue weighted by atomic mass is 79.9. The predicted octanol–water partition coefficient (Wildman–Crippen LogP) is 1.61. The summed E-state index contributed by atoms with van der Waals surface area (Å²) < 4.78 is 2.56. The number of carbonyl (C=O) groups is 1. The largest absolute Gasteiger partial charge is 0.355 e. The van der Waals surface area contributed by atoms with E-state index in [1.165, 1.54) is 0 Å². The molecule has 0 aromatic carbocycles. The minimum Gasteiger partial charge on any atom is -0.355 e. The molecule has 6 nitrogen and oxygen atoms in total. The number of hydrogen-bond acceptors (Lipinski definition) is 5. The van der Waals surface area contributed by atoms with Crippen molar-refractivity contribution in [1.29, 1.82) is 0 Å². The summed E-state index contributed by atoms with van der Waals surface area (Å²) in [6.45, 7) is 0.588. The van der Waals surface area contributed by atoms with Crippen LogP contribution in [0.3, 0.4) is 0 Å². The van der Waals surface area contributed by atoms with E-state index in [1.807, 2.05) is 31.4 Å². The molecular weight excluding hydrogens is 354 g/mol. The molecule has 0 unspecified atom stereocenters. The summed E-state index contributed by atoms with van der Waals surface area (Å²) in [6.07, 6.45) is 2.75. The average Bonchev–Trinajstić information content (AvgIpc) is 3.01. The van der Waals surface area contributed by atoms with Crippen molar-refractivity contribution in [2.75, 3.05) is 25.5 Å². The van der Waals surface area contributed by atoms with Crippen LogP contribution in [0.5, 0.6) is 0 Å². The molecule has 21 heavy (non-hydrogen) atoms. The van der Waals surface area contributed by atoms with Crippen molar-refractivity contribution in [2.24, 2.45) is 7.05 Å². The number of halogens is 1. The Morgan fingerprint density at radius 3 is 2.86 bits per heavy atom. The van der Waals surface area contributed by atoms with Crippen molar-refractivity contribution in [3.8, 4) is 0 Å². The van der Waals surface area contributed by atoms with Gasteiger partial charge in [0.05, 0.1) is 28.5 Å². The van der Waals surface area contributed by atoms with Crippen LogP contribution in [0.25, 0.3) is 0 Å². The van der Waals surface area contributed by atoms with E-state index < -0.39 is 0 Å². The smallest absolute Gasteiger partial charge is 0.226 e. The minimum atomic E-state index is -0.0117. The van der Waals surface area contributed by atoms with Gasteiger partial charge < -0.3 is 10.2 Å². The van der Waals surface area contributed by atoms with Gasteiger partial charge in [0.1, 0.15) is 0 Å². The highest BCUT2D eigenvalue weighted by Crippen LogP contribution is 2.18. The van der Waals surface area contributed by atoms with Gasteiger partial charge in [-0.3, -0.25) is 9.48 Å². The van der Waals surface area contributed by atoms with Gasteiger partial charge in [0, 0.05) is 39.5 Å². The molecule has 2 heterocycles. The second kappa shape index (κ2) is 7.04. The van der Waals surface area contributed by atoms with Crippen molar-refractivity contribution in [3.05, 3.63) is 27.4 Å². The summed E-state index contributed by atoms with van der Waals surface area (Å²) in [5, 5.41) is 10.0. The summed E-state index contributed by atoms with van der Waals surface area (Å²) in [7, 11) is 5.76. The van der Waals surface area contributed by atoms with E-state index in [0.717, 1.165) is 27.4 Å². The fourth-order valence-electron chi connectivity index (χ4n) is 1.80. The number of nitrogens with one attached hydrogen (secondary N) is 1. The molecular formula is C13H18BrN5OS. The van der Waals surface area contributed by atoms with E-state index in [2.05, 4.69) is 31.3 Å². The van der Waals surface area contributed by atoms with Gasteiger partial charge in [0.25, 0.3) is 0 Å².